The van der Waals surface area contributed by atoms with E-state index in [1.54, 1.807) is 0 Å². The molecule has 0 aliphatic rings. The van der Waals surface area contributed by atoms with Gasteiger partial charge in [0.2, 0.25) is 0 Å². The van der Waals surface area contributed by atoms with Crippen LogP contribution in [0.1, 0.15) is 104 Å². The summed E-state index contributed by atoms with van der Waals surface area (Å²) in [5.41, 5.74) is 11.4. The minimum Gasteiger partial charge on any atom is -0.461 e. The number of hydrogen-bond acceptors (Lipinski definition) is 4. The number of carbonyl (C=O) groups excluding carboxylic acids is 1. The van der Waals surface area contributed by atoms with Crippen molar-refractivity contribution in [3.8, 4) is 0 Å². The lowest BCUT2D eigenvalue weighted by Gasteiger charge is -2.20. The van der Waals surface area contributed by atoms with E-state index in [0.29, 0.717) is 13.0 Å². The molecule has 0 saturated heterocycles. The Balaban J connectivity index is 3.99. The molecule has 0 aromatic rings. The van der Waals surface area contributed by atoms with Crippen LogP contribution in [0.4, 0.5) is 0 Å². The Morgan fingerprint density at radius 3 is 1.96 bits per heavy atom. The lowest BCUT2D eigenvalue weighted by Crippen LogP contribution is -2.35. The smallest absolute Gasteiger partial charge is 0.323 e. The molecule has 0 radical (unpaired) electrons. The highest BCUT2D eigenvalue weighted by Gasteiger charge is 2.19. The van der Waals surface area contributed by atoms with Crippen molar-refractivity contribution in [1.29, 1.82) is 0 Å². The molecule has 0 aliphatic heterocycles. The Bertz CT molecular complexity index is 285. The van der Waals surface area contributed by atoms with Gasteiger partial charge in [0.25, 0.3) is 0 Å². The Kier molecular flexibility index (Phi) is 16.8. The molecule has 0 saturated carbocycles. The minimum absolute atomic E-state index is 0.0497. The normalized spacial score (nSPS) is 13.7. The molecule has 4 heteroatoms. The van der Waals surface area contributed by atoms with Crippen LogP contribution >= 0.6 is 0 Å². The van der Waals surface area contributed by atoms with Gasteiger partial charge in [-0.15, -0.1) is 0 Å². The van der Waals surface area contributed by atoms with Crippen molar-refractivity contribution in [1.82, 2.24) is 0 Å². The highest BCUT2D eigenvalue weighted by molar-refractivity contribution is 5.75. The van der Waals surface area contributed by atoms with Gasteiger partial charge in [0.1, 0.15) is 12.1 Å². The van der Waals surface area contributed by atoms with Crippen molar-refractivity contribution < 1.29 is 9.53 Å². The van der Waals surface area contributed by atoms with Crippen molar-refractivity contribution in [2.45, 2.75) is 116 Å². The number of unbranched alkanes of at least 4 members (excludes halogenated alkanes) is 8. The van der Waals surface area contributed by atoms with Crippen molar-refractivity contribution in [2.75, 3.05) is 6.54 Å². The van der Waals surface area contributed by atoms with Gasteiger partial charge in [-0.1, -0.05) is 71.6 Å². The van der Waals surface area contributed by atoms with Crippen LogP contribution in [-0.2, 0) is 9.53 Å². The molecule has 0 aromatic carbocycles. The van der Waals surface area contributed by atoms with E-state index in [1.807, 2.05) is 0 Å². The maximum Gasteiger partial charge on any atom is 0.323 e. The molecule has 4 N–H and O–H groups in total. The number of esters is 1. The van der Waals surface area contributed by atoms with Gasteiger partial charge in [0, 0.05) is 0 Å². The quantitative estimate of drug-likeness (QED) is 0.297. The lowest BCUT2D eigenvalue weighted by molar-refractivity contribution is -0.151. The molecule has 0 bridgehead atoms. The van der Waals surface area contributed by atoms with E-state index in [-0.39, 0.29) is 12.1 Å². The van der Waals surface area contributed by atoms with Crippen LogP contribution < -0.4 is 11.5 Å². The summed E-state index contributed by atoms with van der Waals surface area (Å²) in [7, 11) is 0. The second kappa shape index (κ2) is 17.2. The molecule has 0 aliphatic carbocycles. The fourth-order valence-corrected chi connectivity index (χ4v) is 2.90. The zero-order valence-electron chi connectivity index (χ0n) is 16.2. The number of carbonyl (C=O) groups is 1. The molecular formula is C20H42N2O2. The average Bonchev–Trinajstić information content (AvgIpc) is 2.58. The number of nitrogens with two attached hydrogens (primary N) is 2. The molecule has 0 rings (SSSR count). The molecule has 2 atom stereocenters. The summed E-state index contributed by atoms with van der Waals surface area (Å²) in [6.45, 7) is 5.07. The molecule has 0 heterocycles. The Hall–Kier alpha value is -0.610. The van der Waals surface area contributed by atoms with Gasteiger partial charge in [-0.3, -0.25) is 4.79 Å². The van der Waals surface area contributed by atoms with Gasteiger partial charge in [-0.2, -0.15) is 0 Å². The molecule has 0 spiro atoms. The van der Waals surface area contributed by atoms with Crippen LogP contribution in [0.5, 0.6) is 0 Å². The molecule has 1 unspecified atom stereocenters. The zero-order chi connectivity index (χ0) is 18.0. The third kappa shape index (κ3) is 13.8. The highest BCUT2D eigenvalue weighted by Crippen LogP contribution is 2.16. The van der Waals surface area contributed by atoms with Crippen molar-refractivity contribution >= 4 is 5.97 Å². The van der Waals surface area contributed by atoms with Crippen LogP contribution in [0.25, 0.3) is 0 Å². The molecule has 24 heavy (non-hydrogen) atoms. The second-order valence-corrected chi connectivity index (χ2v) is 7.00. The van der Waals surface area contributed by atoms with Crippen LogP contribution in [0.15, 0.2) is 0 Å². The van der Waals surface area contributed by atoms with E-state index in [1.165, 1.54) is 38.5 Å². The predicted octanol–water partition coefficient (Wildman–Crippen LogP) is 4.69. The van der Waals surface area contributed by atoms with E-state index in [2.05, 4.69) is 13.8 Å². The summed E-state index contributed by atoms with van der Waals surface area (Å²) in [6.07, 6.45) is 15.7. The lowest BCUT2D eigenvalue weighted by atomic mass is 10.0. The topological polar surface area (TPSA) is 78.3 Å². The summed E-state index contributed by atoms with van der Waals surface area (Å²) >= 11 is 0. The molecular weight excluding hydrogens is 300 g/mol. The molecule has 0 amide bonds. The van der Waals surface area contributed by atoms with Crippen LogP contribution in [0, 0.1) is 0 Å². The monoisotopic (exact) mass is 342 g/mol. The molecule has 0 fully saturated rings. The van der Waals surface area contributed by atoms with E-state index in [9.17, 15) is 4.79 Å². The third-order valence-corrected chi connectivity index (χ3v) is 4.56. The highest BCUT2D eigenvalue weighted by atomic mass is 16.5. The van der Waals surface area contributed by atoms with Crippen LogP contribution in [-0.4, -0.2) is 24.7 Å². The summed E-state index contributed by atoms with van der Waals surface area (Å²) in [5, 5.41) is 0. The molecule has 4 nitrogen and oxygen atoms in total. The SMILES string of the molecule is CCCCCCCCCC(CCCC)OC(=O)[C@@H](N)CCCCN. The van der Waals surface area contributed by atoms with Crippen molar-refractivity contribution in [2.24, 2.45) is 11.5 Å². The van der Waals surface area contributed by atoms with Crippen molar-refractivity contribution in [3.63, 3.8) is 0 Å². The predicted molar refractivity (Wildman–Crippen MR) is 103 cm³/mol. The van der Waals surface area contributed by atoms with Crippen LogP contribution in [0.3, 0.4) is 0 Å². The van der Waals surface area contributed by atoms with Gasteiger partial charge in [0.05, 0.1) is 0 Å². The summed E-state index contributed by atoms with van der Waals surface area (Å²) < 4.78 is 5.69. The maximum atomic E-state index is 12.1. The standard InChI is InChI=1S/C20H42N2O2/c1-3-5-7-8-9-10-11-15-18(14-6-4-2)24-20(23)19(22)16-12-13-17-21/h18-19H,3-17,21-22H2,1-2H3/t18?,19-/m0/s1. The first-order valence-corrected chi connectivity index (χ1v) is 10.3. The summed E-state index contributed by atoms with van der Waals surface area (Å²) in [5.74, 6) is -0.226. The number of rotatable bonds is 17. The van der Waals surface area contributed by atoms with Gasteiger partial charge in [-0.25, -0.2) is 0 Å². The first-order chi connectivity index (χ1) is 11.7. The van der Waals surface area contributed by atoms with Crippen LogP contribution in [0.2, 0.25) is 0 Å². The van der Waals surface area contributed by atoms with Gasteiger partial charge >= 0.3 is 5.97 Å². The number of ether oxygens (including phenoxy) is 1. The van der Waals surface area contributed by atoms with Gasteiger partial charge in [-0.05, 0) is 38.6 Å². The van der Waals surface area contributed by atoms with Gasteiger partial charge < -0.3 is 16.2 Å². The first kappa shape index (κ1) is 23.4. The molecule has 0 aromatic heterocycles. The Morgan fingerprint density at radius 2 is 1.33 bits per heavy atom. The Morgan fingerprint density at radius 1 is 0.792 bits per heavy atom. The average molecular weight is 343 g/mol. The zero-order valence-corrected chi connectivity index (χ0v) is 16.2. The molecule has 144 valence electrons. The van der Waals surface area contributed by atoms with E-state index in [4.69, 9.17) is 16.2 Å². The van der Waals surface area contributed by atoms with E-state index < -0.39 is 6.04 Å². The van der Waals surface area contributed by atoms with E-state index in [0.717, 1.165) is 44.9 Å². The summed E-state index contributed by atoms with van der Waals surface area (Å²) in [4.78, 5) is 12.1. The summed E-state index contributed by atoms with van der Waals surface area (Å²) in [6, 6.07) is -0.491. The fourth-order valence-electron chi connectivity index (χ4n) is 2.90. The largest absolute Gasteiger partial charge is 0.461 e. The third-order valence-electron chi connectivity index (χ3n) is 4.56. The van der Waals surface area contributed by atoms with Crippen molar-refractivity contribution in [3.05, 3.63) is 0 Å². The van der Waals surface area contributed by atoms with E-state index >= 15 is 0 Å². The fraction of sp³-hybridized carbons (Fsp3) is 0.950. The first-order valence-electron chi connectivity index (χ1n) is 10.3. The maximum absolute atomic E-state index is 12.1. The minimum atomic E-state index is -0.491. The van der Waals surface area contributed by atoms with Gasteiger partial charge in [0.15, 0.2) is 0 Å². The second-order valence-electron chi connectivity index (χ2n) is 7.00. The Labute approximate surface area is 150 Å². The number of hydrogen-bond donors (Lipinski definition) is 2.